The fraction of sp³-hybridized carbons (Fsp3) is 0.500. The van der Waals surface area contributed by atoms with Crippen LogP contribution in [-0.4, -0.2) is 39.8 Å². The summed E-state index contributed by atoms with van der Waals surface area (Å²) >= 11 is 0. The molecule has 0 aliphatic heterocycles. The molecule has 0 aromatic heterocycles. The molecule has 1 amide bonds. The van der Waals surface area contributed by atoms with E-state index in [-0.39, 0.29) is 0 Å². The van der Waals surface area contributed by atoms with Gasteiger partial charge in [0.05, 0.1) is 0 Å². The number of aliphatic hydroxyl groups is 2. The summed E-state index contributed by atoms with van der Waals surface area (Å²) in [5.74, 6) is -1.68. The highest BCUT2D eigenvalue weighted by Gasteiger charge is 2.28. The number of aliphatic hydroxyl groups excluding tert-OH is 1. The Morgan fingerprint density at radius 2 is 1.82 bits per heavy atom. The van der Waals surface area contributed by atoms with Crippen LogP contribution in [0.15, 0.2) is 0 Å². The first-order valence-corrected chi connectivity index (χ1v) is 2.50. The molecule has 0 aliphatic carbocycles. The summed E-state index contributed by atoms with van der Waals surface area (Å²) < 4.78 is 3.81. The molecule has 0 heterocycles. The van der Waals surface area contributed by atoms with Gasteiger partial charge in [0, 0.05) is 0 Å². The first-order chi connectivity index (χ1) is 4.95. The zero-order valence-electron chi connectivity index (χ0n) is 5.30. The summed E-state index contributed by atoms with van der Waals surface area (Å²) in [5.41, 5.74) is 4.42. The van der Waals surface area contributed by atoms with Crippen molar-refractivity contribution in [2.45, 2.75) is 12.4 Å². The highest BCUT2D eigenvalue weighted by atomic mass is 16.6. The van der Waals surface area contributed by atoms with Gasteiger partial charge in [-0.1, -0.05) is 0 Å². The second-order valence-corrected chi connectivity index (χ2v) is 1.61. The molecule has 0 aliphatic rings. The molecule has 7 nitrogen and oxygen atoms in total. The lowest BCUT2D eigenvalue weighted by Gasteiger charge is -2.12. The predicted molar refractivity (Wildman–Crippen MR) is 30.3 cm³/mol. The Balaban J connectivity index is 4.12. The van der Waals surface area contributed by atoms with Crippen LogP contribution in [0.25, 0.3) is 0 Å². The van der Waals surface area contributed by atoms with Gasteiger partial charge in [-0.3, -0.25) is 0 Å². The van der Waals surface area contributed by atoms with Gasteiger partial charge in [-0.2, -0.15) is 0 Å². The maximum absolute atomic E-state index is 10.0. The summed E-state index contributed by atoms with van der Waals surface area (Å²) in [7, 11) is 0. The van der Waals surface area contributed by atoms with Crippen molar-refractivity contribution >= 4 is 12.1 Å². The van der Waals surface area contributed by atoms with E-state index in [9.17, 15) is 9.59 Å². The third-order valence-corrected chi connectivity index (χ3v) is 0.757. The summed E-state index contributed by atoms with van der Waals surface area (Å²) in [4.78, 5) is 20.0. The molecule has 0 spiro atoms. The molecule has 5 N–H and O–H groups in total. The van der Waals surface area contributed by atoms with Crippen LogP contribution in [0, 0.1) is 0 Å². The van der Waals surface area contributed by atoms with Crippen LogP contribution in [0.1, 0.15) is 0 Å². The quantitative estimate of drug-likeness (QED) is 0.352. The minimum Gasteiger partial charge on any atom is -0.478 e. The van der Waals surface area contributed by atoms with Crippen molar-refractivity contribution in [3.63, 3.8) is 0 Å². The largest absolute Gasteiger partial charge is 0.478 e. The number of ether oxygens (including phenoxy) is 1. The minimum atomic E-state index is -2.28. The van der Waals surface area contributed by atoms with Gasteiger partial charge in [0.1, 0.15) is 0 Å². The Bertz CT molecular complexity index is 166. The van der Waals surface area contributed by atoms with Crippen LogP contribution >= 0.6 is 0 Å². The number of carboxylic acid groups (broad SMARTS) is 1. The number of rotatable bonds is 3. The molecule has 64 valence electrons. The molecule has 11 heavy (non-hydrogen) atoms. The summed E-state index contributed by atoms with van der Waals surface area (Å²) in [6, 6.07) is 0. The fourth-order valence-corrected chi connectivity index (χ4v) is 0.364. The minimum absolute atomic E-state index is 1.38. The van der Waals surface area contributed by atoms with Crippen molar-refractivity contribution < 1.29 is 29.6 Å². The number of amides is 1. The van der Waals surface area contributed by atoms with Gasteiger partial charge < -0.3 is 25.8 Å². The molecule has 0 radical (unpaired) electrons. The number of nitrogens with two attached hydrogens (primary N) is 1. The van der Waals surface area contributed by atoms with E-state index in [1.54, 1.807) is 0 Å². The molecule has 1 atom stereocenters. The van der Waals surface area contributed by atoms with Crippen molar-refractivity contribution in [2.75, 3.05) is 0 Å². The molecule has 0 aromatic rings. The van der Waals surface area contributed by atoms with E-state index in [1.165, 1.54) is 0 Å². The highest BCUT2D eigenvalue weighted by Crippen LogP contribution is 1.96. The number of hydrogen-bond acceptors (Lipinski definition) is 5. The first kappa shape index (κ1) is 9.66. The Kier molecular flexibility index (Phi) is 3.28. The Morgan fingerprint density at radius 1 is 1.36 bits per heavy atom. The Hall–Kier alpha value is -1.34. The number of carboxylic acids is 1. The zero-order chi connectivity index (χ0) is 9.02. The molecule has 0 bridgehead atoms. The van der Waals surface area contributed by atoms with E-state index in [0.29, 0.717) is 0 Å². The Morgan fingerprint density at radius 3 is 1.91 bits per heavy atom. The molecular weight excluding hydrogens is 158 g/mol. The van der Waals surface area contributed by atoms with Gasteiger partial charge >= 0.3 is 12.1 Å². The second kappa shape index (κ2) is 3.74. The number of carbonyl (C=O) groups is 2. The maximum atomic E-state index is 10.0. The van der Waals surface area contributed by atoms with Crippen LogP contribution < -0.4 is 5.73 Å². The molecule has 1 unspecified atom stereocenters. The second-order valence-electron chi connectivity index (χ2n) is 1.61. The molecule has 0 saturated carbocycles. The number of aliphatic carboxylic acids is 1. The average Bonchev–Trinajstić information content (AvgIpc) is 1.81. The van der Waals surface area contributed by atoms with Crippen molar-refractivity contribution in [3.05, 3.63) is 0 Å². The van der Waals surface area contributed by atoms with Crippen LogP contribution in [-0.2, 0) is 9.53 Å². The lowest BCUT2D eigenvalue weighted by Crippen LogP contribution is -2.39. The third-order valence-electron chi connectivity index (χ3n) is 0.757. The standard InChI is InChI=1S/C4H7NO6/c5-4(10)11-1(2(6)7)3(8)9/h1-2,6-7H,(H2,5,10)(H,8,9). The first-order valence-electron chi connectivity index (χ1n) is 2.50. The SMILES string of the molecule is NC(=O)OC(C(=O)O)C(O)O. The summed E-state index contributed by atoms with van der Waals surface area (Å²) in [6.07, 6.45) is -5.70. The smallest absolute Gasteiger partial charge is 0.405 e. The van der Waals surface area contributed by atoms with Crippen LogP contribution in [0.4, 0.5) is 4.79 Å². The number of carbonyl (C=O) groups excluding carboxylic acids is 1. The summed E-state index contributed by atoms with van der Waals surface area (Å²) in [6.45, 7) is 0. The molecule has 7 heteroatoms. The van der Waals surface area contributed by atoms with Gasteiger partial charge in [0.15, 0.2) is 0 Å². The zero-order valence-corrected chi connectivity index (χ0v) is 5.30. The highest BCUT2D eigenvalue weighted by molar-refractivity contribution is 5.76. The van der Waals surface area contributed by atoms with Gasteiger partial charge in [-0.25, -0.2) is 9.59 Å². The molecule has 0 aromatic carbocycles. The normalized spacial score (nSPS) is 12.6. The topological polar surface area (TPSA) is 130 Å². The average molecular weight is 165 g/mol. The van der Waals surface area contributed by atoms with Crippen LogP contribution in [0.5, 0.6) is 0 Å². The monoisotopic (exact) mass is 165 g/mol. The maximum Gasteiger partial charge on any atom is 0.405 e. The van der Waals surface area contributed by atoms with E-state index in [0.717, 1.165) is 0 Å². The van der Waals surface area contributed by atoms with Gasteiger partial charge in [0.25, 0.3) is 0 Å². The van der Waals surface area contributed by atoms with Crippen LogP contribution in [0.2, 0.25) is 0 Å². The molecule has 0 fully saturated rings. The number of primary amides is 1. The van der Waals surface area contributed by atoms with E-state index in [4.69, 9.17) is 15.3 Å². The van der Waals surface area contributed by atoms with Crippen molar-refractivity contribution in [2.24, 2.45) is 5.73 Å². The molecule has 0 saturated heterocycles. The lowest BCUT2D eigenvalue weighted by molar-refractivity contribution is -0.171. The predicted octanol–water partition coefficient (Wildman–Crippen LogP) is -2.15. The van der Waals surface area contributed by atoms with Crippen molar-refractivity contribution in [1.82, 2.24) is 0 Å². The fourth-order valence-electron chi connectivity index (χ4n) is 0.364. The molecular formula is C4H7NO6. The summed E-state index contributed by atoms with van der Waals surface area (Å²) in [5, 5.41) is 24.7. The van der Waals surface area contributed by atoms with Gasteiger partial charge in [-0.15, -0.1) is 0 Å². The third kappa shape index (κ3) is 3.38. The van der Waals surface area contributed by atoms with E-state index >= 15 is 0 Å². The van der Waals surface area contributed by atoms with Gasteiger partial charge in [-0.05, 0) is 0 Å². The number of hydrogen-bond donors (Lipinski definition) is 4. The van der Waals surface area contributed by atoms with Crippen molar-refractivity contribution in [1.29, 1.82) is 0 Å². The lowest BCUT2D eigenvalue weighted by atomic mass is 10.3. The van der Waals surface area contributed by atoms with Crippen molar-refractivity contribution in [3.8, 4) is 0 Å². The van der Waals surface area contributed by atoms with Crippen LogP contribution in [0.3, 0.4) is 0 Å². The Labute approximate surface area is 61.0 Å². The molecule has 0 rings (SSSR count). The van der Waals surface area contributed by atoms with E-state index in [1.807, 2.05) is 0 Å². The van der Waals surface area contributed by atoms with E-state index < -0.39 is 24.5 Å². The van der Waals surface area contributed by atoms with E-state index in [2.05, 4.69) is 10.5 Å². The van der Waals surface area contributed by atoms with Gasteiger partial charge in [0.2, 0.25) is 12.4 Å².